The summed E-state index contributed by atoms with van der Waals surface area (Å²) in [6.07, 6.45) is 2.79. The fourth-order valence-electron chi connectivity index (χ4n) is 1.66. The monoisotopic (exact) mass is 246 g/mol. The van der Waals surface area contributed by atoms with Crippen molar-refractivity contribution in [2.75, 3.05) is 13.1 Å². The predicted molar refractivity (Wildman–Crippen MR) is 73.6 cm³/mol. The molecule has 0 saturated carbocycles. The van der Waals surface area contributed by atoms with Crippen LogP contribution in [-0.2, 0) is 6.42 Å². The summed E-state index contributed by atoms with van der Waals surface area (Å²) in [5, 5.41) is 11.7. The van der Waals surface area contributed by atoms with Crippen LogP contribution in [-0.4, -0.2) is 19.2 Å². The molecule has 0 bridgehead atoms. The van der Waals surface area contributed by atoms with Crippen molar-refractivity contribution in [3.63, 3.8) is 0 Å². The second kappa shape index (κ2) is 8.54. The Labute approximate surface area is 110 Å². The summed E-state index contributed by atoms with van der Waals surface area (Å²) in [7, 11) is 0. The van der Waals surface area contributed by atoms with Gasteiger partial charge >= 0.3 is 0 Å². The molecule has 0 aliphatic heterocycles. The van der Waals surface area contributed by atoms with Gasteiger partial charge in [-0.3, -0.25) is 0 Å². The van der Waals surface area contributed by atoms with Gasteiger partial charge in [-0.2, -0.15) is 5.26 Å². The molecule has 3 nitrogen and oxygen atoms in total. The minimum atomic E-state index is 0.220. The zero-order chi connectivity index (χ0) is 13.2. The van der Waals surface area contributed by atoms with E-state index >= 15 is 0 Å². The highest BCUT2D eigenvalue weighted by molar-refractivity contribution is 5.27. The fourth-order valence-corrected chi connectivity index (χ4v) is 1.66. The van der Waals surface area contributed by atoms with E-state index in [4.69, 9.17) is 10.00 Å². The molecule has 0 spiro atoms. The summed E-state index contributed by atoms with van der Waals surface area (Å²) in [4.78, 5) is 0. The van der Waals surface area contributed by atoms with Gasteiger partial charge in [0.1, 0.15) is 5.75 Å². The second-order valence-electron chi connectivity index (χ2n) is 4.57. The Morgan fingerprint density at radius 3 is 2.56 bits per heavy atom. The molecule has 1 aromatic carbocycles. The molecule has 0 aliphatic rings. The van der Waals surface area contributed by atoms with Crippen molar-refractivity contribution in [1.82, 2.24) is 5.32 Å². The SMILES string of the molecule is CC(C)Oc1ccc(CCNCCCC#N)cc1. The number of hydrogen-bond acceptors (Lipinski definition) is 3. The number of benzene rings is 1. The molecule has 0 amide bonds. The number of rotatable bonds is 8. The van der Waals surface area contributed by atoms with Crippen LogP contribution >= 0.6 is 0 Å². The largest absolute Gasteiger partial charge is 0.491 e. The van der Waals surface area contributed by atoms with Gasteiger partial charge in [-0.1, -0.05) is 12.1 Å². The first-order valence-electron chi connectivity index (χ1n) is 6.55. The van der Waals surface area contributed by atoms with Crippen LogP contribution in [0, 0.1) is 11.3 Å². The van der Waals surface area contributed by atoms with Gasteiger partial charge in [0.2, 0.25) is 0 Å². The quantitative estimate of drug-likeness (QED) is 0.717. The van der Waals surface area contributed by atoms with Crippen LogP contribution in [0.4, 0.5) is 0 Å². The molecule has 3 heteroatoms. The van der Waals surface area contributed by atoms with Crippen LogP contribution in [0.3, 0.4) is 0 Å². The molecular weight excluding hydrogens is 224 g/mol. The number of unbranched alkanes of at least 4 members (excludes halogenated alkanes) is 1. The average Bonchev–Trinajstić information content (AvgIpc) is 2.35. The van der Waals surface area contributed by atoms with Crippen molar-refractivity contribution in [3.8, 4) is 11.8 Å². The van der Waals surface area contributed by atoms with E-state index in [2.05, 4.69) is 23.5 Å². The van der Waals surface area contributed by atoms with E-state index in [1.807, 2.05) is 26.0 Å². The van der Waals surface area contributed by atoms with Gasteiger partial charge in [0.25, 0.3) is 0 Å². The molecule has 1 N–H and O–H groups in total. The molecule has 0 heterocycles. The third-order valence-corrected chi connectivity index (χ3v) is 2.53. The third kappa shape index (κ3) is 6.27. The van der Waals surface area contributed by atoms with E-state index < -0.39 is 0 Å². The highest BCUT2D eigenvalue weighted by Gasteiger charge is 1.98. The average molecular weight is 246 g/mol. The van der Waals surface area contributed by atoms with Crippen molar-refractivity contribution in [3.05, 3.63) is 29.8 Å². The topological polar surface area (TPSA) is 45.0 Å². The summed E-state index contributed by atoms with van der Waals surface area (Å²) in [6, 6.07) is 10.4. The van der Waals surface area contributed by atoms with Crippen molar-refractivity contribution < 1.29 is 4.74 Å². The van der Waals surface area contributed by atoms with Crippen molar-refractivity contribution in [1.29, 1.82) is 5.26 Å². The lowest BCUT2D eigenvalue weighted by Gasteiger charge is -2.10. The first-order valence-corrected chi connectivity index (χ1v) is 6.55. The molecule has 0 atom stereocenters. The van der Waals surface area contributed by atoms with E-state index in [0.717, 1.165) is 31.7 Å². The van der Waals surface area contributed by atoms with Gasteiger partial charge in [-0.25, -0.2) is 0 Å². The van der Waals surface area contributed by atoms with Gasteiger partial charge in [0, 0.05) is 6.42 Å². The first kappa shape index (κ1) is 14.5. The number of nitrogens with one attached hydrogen (secondary N) is 1. The standard InChI is InChI=1S/C15H22N2O/c1-13(2)18-15-7-5-14(6-8-15)9-12-17-11-4-3-10-16/h5-8,13,17H,3-4,9,11-12H2,1-2H3. The summed E-state index contributed by atoms with van der Waals surface area (Å²) in [5.74, 6) is 0.927. The van der Waals surface area contributed by atoms with Crippen LogP contribution in [0.15, 0.2) is 24.3 Å². The Hall–Kier alpha value is -1.53. The highest BCUT2D eigenvalue weighted by Crippen LogP contribution is 2.13. The molecule has 18 heavy (non-hydrogen) atoms. The Bertz CT molecular complexity index is 365. The summed E-state index contributed by atoms with van der Waals surface area (Å²) in [5.41, 5.74) is 1.30. The molecule has 0 radical (unpaired) electrons. The van der Waals surface area contributed by atoms with Crippen LogP contribution in [0.2, 0.25) is 0 Å². The molecule has 0 saturated heterocycles. The smallest absolute Gasteiger partial charge is 0.119 e. The number of nitriles is 1. The minimum Gasteiger partial charge on any atom is -0.491 e. The van der Waals surface area contributed by atoms with Gasteiger partial charge in [-0.05, 0) is 57.5 Å². The maximum atomic E-state index is 8.40. The van der Waals surface area contributed by atoms with Gasteiger partial charge < -0.3 is 10.1 Å². The van der Waals surface area contributed by atoms with Gasteiger partial charge in [0.05, 0.1) is 12.2 Å². The van der Waals surface area contributed by atoms with Crippen molar-refractivity contribution in [2.24, 2.45) is 0 Å². The number of nitrogens with zero attached hydrogens (tertiary/aromatic N) is 1. The van der Waals surface area contributed by atoms with E-state index in [0.29, 0.717) is 6.42 Å². The Balaban J connectivity index is 2.21. The minimum absolute atomic E-state index is 0.220. The second-order valence-corrected chi connectivity index (χ2v) is 4.57. The van der Waals surface area contributed by atoms with Crippen LogP contribution in [0.1, 0.15) is 32.3 Å². The molecule has 98 valence electrons. The molecule has 0 unspecified atom stereocenters. The Kier molecular flexibility index (Phi) is 6.90. The Morgan fingerprint density at radius 1 is 1.22 bits per heavy atom. The van der Waals surface area contributed by atoms with E-state index in [-0.39, 0.29) is 6.10 Å². The Morgan fingerprint density at radius 2 is 1.94 bits per heavy atom. The zero-order valence-corrected chi connectivity index (χ0v) is 11.3. The zero-order valence-electron chi connectivity index (χ0n) is 11.3. The van der Waals surface area contributed by atoms with E-state index in [1.54, 1.807) is 0 Å². The lowest BCUT2D eigenvalue weighted by Crippen LogP contribution is -2.18. The summed E-state index contributed by atoms with van der Waals surface area (Å²) < 4.78 is 5.59. The van der Waals surface area contributed by atoms with Crippen LogP contribution < -0.4 is 10.1 Å². The van der Waals surface area contributed by atoms with E-state index in [1.165, 1.54) is 5.56 Å². The van der Waals surface area contributed by atoms with Crippen molar-refractivity contribution in [2.45, 2.75) is 39.2 Å². The van der Waals surface area contributed by atoms with E-state index in [9.17, 15) is 0 Å². The third-order valence-electron chi connectivity index (χ3n) is 2.53. The lowest BCUT2D eigenvalue weighted by molar-refractivity contribution is 0.242. The first-order chi connectivity index (χ1) is 8.72. The molecule has 0 fully saturated rings. The number of ether oxygens (including phenoxy) is 1. The maximum absolute atomic E-state index is 8.40. The van der Waals surface area contributed by atoms with Gasteiger partial charge in [-0.15, -0.1) is 0 Å². The summed E-state index contributed by atoms with van der Waals surface area (Å²) in [6.45, 7) is 5.93. The fraction of sp³-hybridized carbons (Fsp3) is 0.533. The number of hydrogen-bond donors (Lipinski definition) is 1. The summed E-state index contributed by atoms with van der Waals surface area (Å²) >= 11 is 0. The maximum Gasteiger partial charge on any atom is 0.119 e. The molecular formula is C15H22N2O. The van der Waals surface area contributed by atoms with Crippen molar-refractivity contribution >= 4 is 0 Å². The van der Waals surface area contributed by atoms with Gasteiger partial charge in [0.15, 0.2) is 0 Å². The molecule has 0 aromatic heterocycles. The normalized spacial score (nSPS) is 10.3. The highest BCUT2D eigenvalue weighted by atomic mass is 16.5. The predicted octanol–water partition coefficient (Wildman–Crippen LogP) is 2.91. The lowest BCUT2D eigenvalue weighted by atomic mass is 10.1. The van der Waals surface area contributed by atoms with Crippen LogP contribution in [0.5, 0.6) is 5.75 Å². The molecule has 1 aromatic rings. The molecule has 1 rings (SSSR count). The molecule has 0 aliphatic carbocycles. The van der Waals surface area contributed by atoms with Crippen LogP contribution in [0.25, 0.3) is 0 Å².